The van der Waals surface area contributed by atoms with E-state index in [0.29, 0.717) is 0 Å². The van der Waals surface area contributed by atoms with E-state index in [4.69, 9.17) is 0 Å². The number of nitrogens with zero attached hydrogens (tertiary/aromatic N) is 4. The van der Waals surface area contributed by atoms with Crippen molar-refractivity contribution < 1.29 is 0 Å². The van der Waals surface area contributed by atoms with E-state index in [-0.39, 0.29) is 0 Å². The third-order valence-electron chi connectivity index (χ3n) is 23.3. The highest BCUT2D eigenvalue weighted by Gasteiger charge is 2.21. The van der Waals surface area contributed by atoms with Crippen LogP contribution >= 0.6 is 0 Å². The van der Waals surface area contributed by atoms with E-state index in [0.717, 1.165) is 0 Å². The molecule has 4 heterocycles. The van der Waals surface area contributed by atoms with Crippen LogP contribution in [0.1, 0.15) is 0 Å². The number of para-hydroxylation sites is 4. The fourth-order valence-electron chi connectivity index (χ4n) is 18.3. The Morgan fingerprint density at radius 1 is 0.111 bits per heavy atom. The summed E-state index contributed by atoms with van der Waals surface area (Å²) in [5.41, 5.74) is 19.2. The van der Waals surface area contributed by atoms with Gasteiger partial charge in [-0.1, -0.05) is 267 Å². The van der Waals surface area contributed by atoms with Crippen molar-refractivity contribution in [3.63, 3.8) is 0 Å². The Morgan fingerprint density at radius 3 is 0.620 bits per heavy atom. The molecular formula is C104H64N4. The maximum atomic E-state index is 2.43. The first-order valence-electron chi connectivity index (χ1n) is 37.3. The Balaban J connectivity index is 0.000000130. The normalized spacial score (nSPS) is 12.1. The van der Waals surface area contributed by atoms with E-state index in [1.54, 1.807) is 0 Å². The summed E-state index contributed by atoms with van der Waals surface area (Å²) in [4.78, 5) is 0. The number of hydrogen-bond donors (Lipinski definition) is 0. The molecular weight excluding hydrogens is 1310 g/mol. The molecule has 24 aromatic rings. The summed E-state index contributed by atoms with van der Waals surface area (Å²) in [7, 11) is 0. The molecule has 0 radical (unpaired) electrons. The third kappa shape index (κ3) is 9.24. The Hall–Kier alpha value is -14.3. The van der Waals surface area contributed by atoms with Gasteiger partial charge >= 0.3 is 0 Å². The lowest BCUT2D eigenvalue weighted by atomic mass is 10.0. The molecule has 0 spiro atoms. The summed E-state index contributed by atoms with van der Waals surface area (Å²) in [5, 5.41) is 30.4. The second-order valence-electron chi connectivity index (χ2n) is 29.1. The van der Waals surface area contributed by atoms with Crippen molar-refractivity contribution in [1.29, 1.82) is 0 Å². The molecule has 0 amide bonds. The van der Waals surface area contributed by atoms with Gasteiger partial charge in [0, 0.05) is 65.8 Å². The lowest BCUT2D eigenvalue weighted by Crippen LogP contribution is -1.94. The summed E-state index contributed by atoms with van der Waals surface area (Å²) in [5.74, 6) is 0. The van der Waals surface area contributed by atoms with Gasteiger partial charge in [-0.15, -0.1) is 0 Å². The van der Waals surface area contributed by atoms with Gasteiger partial charge in [-0.2, -0.15) is 0 Å². The number of benzene rings is 20. The molecule has 0 fully saturated rings. The lowest BCUT2D eigenvalue weighted by Gasteiger charge is -2.12. The number of hydrogen-bond acceptors (Lipinski definition) is 0. The molecule has 0 saturated carbocycles. The first-order chi connectivity index (χ1) is 53.5. The Kier molecular flexibility index (Phi) is 13.1. The summed E-state index contributed by atoms with van der Waals surface area (Å²) >= 11 is 0. The van der Waals surface area contributed by atoms with Crippen molar-refractivity contribution >= 4 is 173 Å². The van der Waals surface area contributed by atoms with Crippen LogP contribution in [0.5, 0.6) is 0 Å². The van der Waals surface area contributed by atoms with Crippen LogP contribution in [0.4, 0.5) is 0 Å². The quantitative estimate of drug-likeness (QED) is 0.148. The zero-order valence-corrected chi connectivity index (χ0v) is 58.7. The van der Waals surface area contributed by atoms with Crippen molar-refractivity contribution in [3.8, 4) is 45.0 Å². The van der Waals surface area contributed by atoms with E-state index in [1.807, 2.05) is 0 Å². The van der Waals surface area contributed by atoms with Crippen molar-refractivity contribution in [2.45, 2.75) is 0 Å². The predicted octanol–water partition coefficient (Wildman–Crippen LogP) is 28.3. The Morgan fingerprint density at radius 2 is 0.315 bits per heavy atom. The molecule has 500 valence electrons. The Labute approximate surface area is 620 Å². The second-order valence-corrected chi connectivity index (χ2v) is 29.1. The fraction of sp³-hybridized carbons (Fsp3) is 0. The van der Waals surface area contributed by atoms with Crippen LogP contribution in [0.15, 0.2) is 388 Å². The smallest absolute Gasteiger partial charge is 0.0541 e. The standard InChI is InChI=1S/2C52H32N2/c1-3-11-41-33(9-1)17-19-37-29-39(23-25-43(37)41)53-49-15-7-5-13-45(49)47-31-35(21-27-51(47)53)36-22-28-52-48(32-36)46-14-6-8-16-50(46)54(52)40-24-26-44-38(30-40)20-18-34-10-2-4-12-42(34)44;1-3-11-41-33(9-1)17-19-35-21-25-39(31-45(35)41)53-49-15-7-5-13-43(49)47-29-37(23-27-51(47)53)38-24-28-52-48(30-38)44-14-6-8-16-50(44)54(52)40-26-22-36-20-18-34-10-2-4-12-42(34)46(36)32-40/h2*1-32H. The van der Waals surface area contributed by atoms with E-state index in [2.05, 4.69) is 407 Å². The van der Waals surface area contributed by atoms with Gasteiger partial charge in [0.25, 0.3) is 0 Å². The average Bonchev–Trinajstić information content (AvgIpc) is 1.58. The zero-order chi connectivity index (χ0) is 70.7. The first-order valence-corrected chi connectivity index (χ1v) is 37.3. The monoisotopic (exact) mass is 1370 g/mol. The van der Waals surface area contributed by atoms with Gasteiger partial charge in [-0.25, -0.2) is 0 Å². The van der Waals surface area contributed by atoms with Crippen LogP contribution in [-0.2, 0) is 0 Å². The number of aromatic nitrogens is 4. The summed E-state index contributed by atoms with van der Waals surface area (Å²) in [6.07, 6.45) is 0. The van der Waals surface area contributed by atoms with Crippen molar-refractivity contribution in [3.05, 3.63) is 388 Å². The van der Waals surface area contributed by atoms with Gasteiger partial charge in [0.2, 0.25) is 0 Å². The zero-order valence-electron chi connectivity index (χ0n) is 58.7. The van der Waals surface area contributed by atoms with Gasteiger partial charge in [-0.05, 0) is 230 Å². The molecule has 0 bridgehead atoms. The van der Waals surface area contributed by atoms with Crippen molar-refractivity contribution in [2.24, 2.45) is 0 Å². The number of rotatable bonds is 6. The molecule has 4 aromatic heterocycles. The van der Waals surface area contributed by atoms with E-state index in [9.17, 15) is 0 Å². The second kappa shape index (κ2) is 23.6. The molecule has 20 aromatic carbocycles. The van der Waals surface area contributed by atoms with Crippen LogP contribution < -0.4 is 0 Å². The van der Waals surface area contributed by atoms with Crippen LogP contribution in [0.2, 0.25) is 0 Å². The summed E-state index contributed by atoms with van der Waals surface area (Å²) in [6, 6.07) is 143. The van der Waals surface area contributed by atoms with E-state index < -0.39 is 0 Å². The van der Waals surface area contributed by atoms with Gasteiger partial charge in [0.1, 0.15) is 0 Å². The van der Waals surface area contributed by atoms with Gasteiger partial charge in [-0.3, -0.25) is 0 Å². The third-order valence-corrected chi connectivity index (χ3v) is 23.3. The highest BCUT2D eigenvalue weighted by Crippen LogP contribution is 2.44. The first kappa shape index (κ1) is 60.1. The van der Waals surface area contributed by atoms with Crippen molar-refractivity contribution in [1.82, 2.24) is 18.3 Å². The summed E-state index contributed by atoms with van der Waals surface area (Å²) < 4.78 is 9.71. The summed E-state index contributed by atoms with van der Waals surface area (Å²) in [6.45, 7) is 0. The largest absolute Gasteiger partial charge is 0.309 e. The molecule has 4 nitrogen and oxygen atoms in total. The average molecular weight is 1370 g/mol. The van der Waals surface area contributed by atoms with E-state index >= 15 is 0 Å². The maximum absolute atomic E-state index is 2.43. The lowest BCUT2D eigenvalue weighted by molar-refractivity contribution is 1.19. The van der Waals surface area contributed by atoms with Gasteiger partial charge in [0.05, 0.1) is 44.1 Å². The van der Waals surface area contributed by atoms with Crippen LogP contribution in [-0.4, -0.2) is 18.3 Å². The molecule has 0 aliphatic carbocycles. The molecule has 0 saturated heterocycles. The minimum Gasteiger partial charge on any atom is -0.309 e. The van der Waals surface area contributed by atoms with Crippen LogP contribution in [0, 0.1) is 0 Å². The molecule has 0 aliphatic rings. The van der Waals surface area contributed by atoms with Crippen molar-refractivity contribution in [2.75, 3.05) is 0 Å². The van der Waals surface area contributed by atoms with Crippen LogP contribution in [0.25, 0.3) is 218 Å². The highest BCUT2D eigenvalue weighted by molar-refractivity contribution is 6.18. The van der Waals surface area contributed by atoms with Gasteiger partial charge in [0.15, 0.2) is 0 Å². The molecule has 0 N–H and O–H groups in total. The molecule has 0 unspecified atom stereocenters. The number of fused-ring (bicyclic) bond motifs is 24. The highest BCUT2D eigenvalue weighted by atomic mass is 15.0. The maximum Gasteiger partial charge on any atom is 0.0541 e. The van der Waals surface area contributed by atoms with Crippen LogP contribution in [0.3, 0.4) is 0 Å². The molecule has 24 rings (SSSR count). The van der Waals surface area contributed by atoms with E-state index in [1.165, 1.54) is 218 Å². The van der Waals surface area contributed by atoms with Gasteiger partial charge < -0.3 is 18.3 Å². The molecule has 0 atom stereocenters. The topological polar surface area (TPSA) is 19.7 Å². The SMILES string of the molecule is c1ccc2c(c1)ccc1cc(-n3c4ccccc4c4cc(-c5ccc6c(c5)c5ccccc5n6-c5ccc6c(ccc7ccccc76)c5)ccc43)ccc12.c1ccc2c(c1)ccc1ccc(-n3c4ccccc4c4cc(-c5ccc6c(c5)c5ccccc5n6-c5ccc6ccc7ccccc7c6c5)ccc43)cc12. The molecule has 108 heavy (non-hydrogen) atoms. The minimum absolute atomic E-state index is 1.17. The Bertz CT molecular complexity index is 7480. The predicted molar refractivity (Wildman–Crippen MR) is 461 cm³/mol. The minimum atomic E-state index is 1.17. The fourth-order valence-corrected chi connectivity index (χ4v) is 18.3. The molecule has 0 aliphatic heterocycles. The molecule has 4 heteroatoms.